The van der Waals surface area contributed by atoms with Crippen molar-refractivity contribution in [2.24, 2.45) is 0 Å². The molecule has 0 saturated carbocycles. The maximum absolute atomic E-state index is 12.4. The molecule has 0 amide bonds. The van der Waals surface area contributed by atoms with Crippen molar-refractivity contribution in [1.82, 2.24) is 4.98 Å². The Kier molecular flexibility index (Phi) is 4.16. The standard InChI is InChI=1S/C7H2ClF5INO/c8-5-4(14)2(6(9)10)1-3(15-5)16-7(11,12)13/h1,6H. The fourth-order valence-corrected chi connectivity index (χ4v) is 1.53. The van der Waals surface area contributed by atoms with Gasteiger partial charge in [-0.2, -0.15) is 0 Å². The normalized spacial score (nSPS) is 12.0. The van der Waals surface area contributed by atoms with Crippen LogP contribution in [0.4, 0.5) is 22.0 Å². The third-order valence-corrected chi connectivity index (χ3v) is 3.10. The smallest absolute Gasteiger partial charge is 0.388 e. The van der Waals surface area contributed by atoms with E-state index in [2.05, 4.69) is 9.72 Å². The quantitative estimate of drug-likeness (QED) is 0.441. The van der Waals surface area contributed by atoms with E-state index in [9.17, 15) is 22.0 Å². The summed E-state index contributed by atoms with van der Waals surface area (Å²) in [7, 11) is 0. The zero-order chi connectivity index (χ0) is 12.5. The van der Waals surface area contributed by atoms with Gasteiger partial charge in [-0.15, -0.1) is 13.2 Å². The summed E-state index contributed by atoms with van der Waals surface area (Å²) in [4.78, 5) is 3.18. The van der Waals surface area contributed by atoms with Crippen LogP contribution in [-0.4, -0.2) is 11.3 Å². The van der Waals surface area contributed by atoms with Gasteiger partial charge in [-0.05, 0) is 22.6 Å². The Labute approximate surface area is 105 Å². The van der Waals surface area contributed by atoms with Crippen molar-refractivity contribution in [1.29, 1.82) is 0 Å². The molecule has 1 rings (SSSR count). The summed E-state index contributed by atoms with van der Waals surface area (Å²) in [5.41, 5.74) is -0.653. The molecule has 90 valence electrons. The SMILES string of the molecule is FC(F)c1cc(OC(F)(F)F)nc(Cl)c1I. The maximum Gasteiger partial charge on any atom is 0.574 e. The maximum atomic E-state index is 12.4. The van der Waals surface area contributed by atoms with Gasteiger partial charge in [0, 0.05) is 11.6 Å². The molecule has 1 aromatic rings. The van der Waals surface area contributed by atoms with Crippen LogP contribution in [-0.2, 0) is 0 Å². The van der Waals surface area contributed by atoms with Gasteiger partial charge in [-0.25, -0.2) is 13.8 Å². The number of ether oxygens (including phenoxy) is 1. The van der Waals surface area contributed by atoms with Gasteiger partial charge in [-0.1, -0.05) is 11.6 Å². The number of hydrogen-bond donors (Lipinski definition) is 0. The largest absolute Gasteiger partial charge is 0.574 e. The van der Waals surface area contributed by atoms with E-state index < -0.39 is 29.4 Å². The first-order chi connectivity index (χ1) is 7.20. The minimum absolute atomic E-state index is 0.108. The van der Waals surface area contributed by atoms with Gasteiger partial charge in [0.1, 0.15) is 5.15 Å². The predicted molar refractivity (Wildman–Crippen MR) is 53.6 cm³/mol. The molecule has 0 atom stereocenters. The molecule has 0 fully saturated rings. The van der Waals surface area contributed by atoms with Crippen molar-refractivity contribution in [3.8, 4) is 5.88 Å². The van der Waals surface area contributed by atoms with Gasteiger partial charge in [0.15, 0.2) is 0 Å². The number of aromatic nitrogens is 1. The lowest BCUT2D eigenvalue weighted by Crippen LogP contribution is -2.18. The molecule has 0 spiro atoms. The second-order valence-electron chi connectivity index (χ2n) is 2.50. The van der Waals surface area contributed by atoms with E-state index in [1.165, 1.54) is 22.6 Å². The summed E-state index contributed by atoms with van der Waals surface area (Å²) < 4.78 is 63.5. The average molecular weight is 373 g/mol. The highest BCUT2D eigenvalue weighted by Gasteiger charge is 2.32. The molecule has 2 nitrogen and oxygen atoms in total. The summed E-state index contributed by atoms with van der Waals surface area (Å²) in [6.07, 6.45) is -7.95. The molecule has 0 saturated heterocycles. The molecule has 0 aromatic carbocycles. The molecule has 0 aliphatic carbocycles. The first kappa shape index (κ1) is 13.7. The van der Waals surface area contributed by atoms with Crippen LogP contribution in [0.1, 0.15) is 12.0 Å². The van der Waals surface area contributed by atoms with Crippen molar-refractivity contribution >= 4 is 34.2 Å². The predicted octanol–water partition coefficient (Wildman–Crippen LogP) is 4.18. The Balaban J connectivity index is 3.14. The molecular weight excluding hydrogens is 371 g/mol. The number of pyridine rings is 1. The summed E-state index contributed by atoms with van der Waals surface area (Å²) in [5, 5.41) is -0.461. The van der Waals surface area contributed by atoms with E-state index in [0.29, 0.717) is 6.07 Å². The third-order valence-electron chi connectivity index (χ3n) is 1.38. The lowest BCUT2D eigenvalue weighted by Gasteiger charge is -2.11. The van der Waals surface area contributed by atoms with Crippen LogP contribution in [0.3, 0.4) is 0 Å². The number of hydrogen-bond acceptors (Lipinski definition) is 2. The van der Waals surface area contributed by atoms with Crippen LogP contribution in [0.5, 0.6) is 5.88 Å². The molecule has 0 radical (unpaired) electrons. The third kappa shape index (κ3) is 3.58. The van der Waals surface area contributed by atoms with E-state index in [1.54, 1.807) is 0 Å². The van der Waals surface area contributed by atoms with E-state index in [-0.39, 0.29) is 3.57 Å². The van der Waals surface area contributed by atoms with Crippen LogP contribution >= 0.6 is 34.2 Å². The van der Waals surface area contributed by atoms with E-state index in [0.717, 1.165) is 0 Å². The van der Waals surface area contributed by atoms with Crippen LogP contribution in [0, 0.1) is 3.57 Å². The summed E-state index contributed by atoms with van der Waals surface area (Å²) in [6.45, 7) is 0. The second-order valence-corrected chi connectivity index (χ2v) is 3.94. The van der Waals surface area contributed by atoms with Gasteiger partial charge in [0.2, 0.25) is 5.88 Å². The minimum atomic E-state index is -5.00. The first-order valence-corrected chi connectivity index (χ1v) is 5.06. The average Bonchev–Trinajstić information content (AvgIpc) is 2.07. The van der Waals surface area contributed by atoms with Crippen LogP contribution in [0.15, 0.2) is 6.07 Å². The number of rotatable bonds is 2. The van der Waals surface area contributed by atoms with Crippen molar-refractivity contribution in [3.63, 3.8) is 0 Å². The Morgan fingerprint density at radius 3 is 2.38 bits per heavy atom. The van der Waals surface area contributed by atoms with E-state index in [1.807, 2.05) is 0 Å². The zero-order valence-electron chi connectivity index (χ0n) is 7.16. The van der Waals surface area contributed by atoms with Gasteiger partial charge in [0.25, 0.3) is 6.43 Å². The molecule has 0 aliphatic rings. The summed E-state index contributed by atoms with van der Waals surface area (Å²) >= 11 is 6.86. The van der Waals surface area contributed by atoms with Gasteiger partial charge < -0.3 is 4.74 Å². The number of alkyl halides is 5. The van der Waals surface area contributed by atoms with Gasteiger partial charge in [-0.3, -0.25) is 0 Å². The molecule has 0 unspecified atom stereocenters. The Morgan fingerprint density at radius 1 is 1.38 bits per heavy atom. The molecule has 0 bridgehead atoms. The van der Waals surface area contributed by atoms with Gasteiger partial charge in [0.05, 0.1) is 3.57 Å². The van der Waals surface area contributed by atoms with E-state index in [4.69, 9.17) is 11.6 Å². The molecule has 1 heterocycles. The minimum Gasteiger partial charge on any atom is -0.388 e. The molecule has 0 aliphatic heterocycles. The topological polar surface area (TPSA) is 22.1 Å². The first-order valence-electron chi connectivity index (χ1n) is 3.60. The molecule has 0 N–H and O–H groups in total. The van der Waals surface area contributed by atoms with E-state index >= 15 is 0 Å². The fraction of sp³-hybridized carbons (Fsp3) is 0.286. The molecule has 1 aromatic heterocycles. The van der Waals surface area contributed by atoms with Crippen molar-refractivity contribution in [2.45, 2.75) is 12.8 Å². The van der Waals surface area contributed by atoms with Crippen LogP contribution in [0.25, 0.3) is 0 Å². The van der Waals surface area contributed by atoms with Gasteiger partial charge >= 0.3 is 6.36 Å². The molecule has 9 heteroatoms. The highest BCUT2D eigenvalue weighted by Crippen LogP contribution is 2.33. The Hall–Kier alpha value is -0.380. The number of nitrogens with zero attached hydrogens (tertiary/aromatic N) is 1. The Morgan fingerprint density at radius 2 is 1.94 bits per heavy atom. The highest BCUT2D eigenvalue weighted by molar-refractivity contribution is 14.1. The highest BCUT2D eigenvalue weighted by atomic mass is 127. The second kappa shape index (κ2) is 4.86. The lowest BCUT2D eigenvalue weighted by molar-refractivity contribution is -0.276. The fourth-order valence-electron chi connectivity index (χ4n) is 0.823. The summed E-state index contributed by atoms with van der Waals surface area (Å²) in [5.74, 6) is -1.01. The lowest BCUT2D eigenvalue weighted by atomic mass is 10.3. The van der Waals surface area contributed by atoms with Crippen molar-refractivity contribution in [2.75, 3.05) is 0 Å². The summed E-state index contributed by atoms with van der Waals surface area (Å²) in [6, 6.07) is 0.506. The molecule has 16 heavy (non-hydrogen) atoms. The van der Waals surface area contributed by atoms with Crippen molar-refractivity contribution < 1.29 is 26.7 Å². The zero-order valence-corrected chi connectivity index (χ0v) is 10.1. The molecular formula is C7H2ClF5INO. The monoisotopic (exact) mass is 373 g/mol. The van der Waals surface area contributed by atoms with Crippen LogP contribution in [0.2, 0.25) is 5.15 Å². The van der Waals surface area contributed by atoms with Crippen LogP contribution < -0.4 is 4.74 Å². The van der Waals surface area contributed by atoms with Crippen molar-refractivity contribution in [3.05, 3.63) is 20.4 Å². The Bertz CT molecular complexity index is 397. The number of halogens is 7.